The maximum atomic E-state index is 12.5. The number of β-amino-alcohol motifs (C(OH)–C–C–N with tert-alkyl or cyclic N) is 1. The largest absolute Gasteiger partial charge is 0.391 e. The Hall–Kier alpha value is -1.14. The molecule has 3 atom stereocenters. The maximum absolute atomic E-state index is 12.5. The van der Waals surface area contributed by atoms with Crippen LogP contribution in [0.25, 0.3) is 0 Å². The second kappa shape index (κ2) is 5.46. The van der Waals surface area contributed by atoms with E-state index in [0.29, 0.717) is 25.9 Å². The SMILES string of the molecule is CN(C)CC1CC(O)CN1C(=O)C1CC(=O)N(C)C1. The molecule has 0 aromatic rings. The van der Waals surface area contributed by atoms with E-state index in [1.54, 1.807) is 16.8 Å². The summed E-state index contributed by atoms with van der Waals surface area (Å²) in [5.74, 6) is -0.198. The predicted molar refractivity (Wildman–Crippen MR) is 70.4 cm³/mol. The van der Waals surface area contributed by atoms with Crippen LogP contribution in [0.15, 0.2) is 0 Å². The number of hydrogen-bond acceptors (Lipinski definition) is 4. The van der Waals surface area contributed by atoms with Gasteiger partial charge in [0, 0.05) is 39.1 Å². The van der Waals surface area contributed by atoms with Crippen molar-refractivity contribution in [2.24, 2.45) is 5.92 Å². The molecule has 2 heterocycles. The molecule has 2 amide bonds. The number of aliphatic hydroxyl groups is 1. The fourth-order valence-electron chi connectivity index (χ4n) is 3.02. The standard InChI is InChI=1S/C13H23N3O3/c1-14(2)7-10-5-11(17)8-16(10)13(19)9-4-12(18)15(3)6-9/h9-11,17H,4-8H2,1-3H3. The highest BCUT2D eigenvalue weighted by Crippen LogP contribution is 2.25. The van der Waals surface area contributed by atoms with Crippen LogP contribution in [-0.4, -0.2) is 84.5 Å². The third-order valence-electron chi connectivity index (χ3n) is 3.94. The lowest BCUT2D eigenvalue weighted by Crippen LogP contribution is -2.44. The van der Waals surface area contributed by atoms with Crippen molar-refractivity contribution in [1.29, 1.82) is 0 Å². The molecule has 0 saturated carbocycles. The zero-order valence-electron chi connectivity index (χ0n) is 11.9. The first kappa shape index (κ1) is 14.3. The molecule has 6 heteroatoms. The van der Waals surface area contributed by atoms with Gasteiger partial charge in [-0.05, 0) is 20.5 Å². The molecule has 0 radical (unpaired) electrons. The van der Waals surface area contributed by atoms with Crippen LogP contribution >= 0.6 is 0 Å². The molecular weight excluding hydrogens is 246 g/mol. The molecule has 0 aromatic heterocycles. The first-order valence-corrected chi connectivity index (χ1v) is 6.75. The first-order chi connectivity index (χ1) is 8.88. The highest BCUT2D eigenvalue weighted by molar-refractivity contribution is 5.89. The molecule has 2 rings (SSSR count). The molecule has 0 aromatic carbocycles. The Kier molecular flexibility index (Phi) is 4.10. The Labute approximate surface area is 114 Å². The van der Waals surface area contributed by atoms with Crippen LogP contribution in [0.4, 0.5) is 0 Å². The van der Waals surface area contributed by atoms with Gasteiger partial charge in [0.05, 0.1) is 12.0 Å². The van der Waals surface area contributed by atoms with E-state index < -0.39 is 6.10 Å². The minimum atomic E-state index is -0.441. The molecule has 2 saturated heterocycles. The second-order valence-corrected chi connectivity index (χ2v) is 5.97. The van der Waals surface area contributed by atoms with Crippen molar-refractivity contribution >= 4 is 11.8 Å². The molecule has 0 spiro atoms. The van der Waals surface area contributed by atoms with Gasteiger partial charge in [0.15, 0.2) is 0 Å². The summed E-state index contributed by atoms with van der Waals surface area (Å²) < 4.78 is 0. The zero-order valence-corrected chi connectivity index (χ0v) is 11.9. The maximum Gasteiger partial charge on any atom is 0.228 e. The number of aliphatic hydroxyl groups excluding tert-OH is 1. The molecule has 2 aliphatic heterocycles. The summed E-state index contributed by atoms with van der Waals surface area (Å²) in [5, 5.41) is 9.79. The lowest BCUT2D eigenvalue weighted by Gasteiger charge is -2.28. The number of nitrogens with zero attached hydrogens (tertiary/aromatic N) is 3. The normalized spacial score (nSPS) is 31.6. The summed E-state index contributed by atoms with van der Waals surface area (Å²) in [6.45, 7) is 1.64. The van der Waals surface area contributed by atoms with Gasteiger partial charge in [-0.3, -0.25) is 9.59 Å². The van der Waals surface area contributed by atoms with Gasteiger partial charge in [0.25, 0.3) is 0 Å². The van der Waals surface area contributed by atoms with Gasteiger partial charge in [-0.1, -0.05) is 0 Å². The van der Waals surface area contributed by atoms with E-state index in [9.17, 15) is 14.7 Å². The number of hydrogen-bond donors (Lipinski definition) is 1. The highest BCUT2D eigenvalue weighted by Gasteiger charge is 2.40. The molecule has 3 unspecified atom stereocenters. The number of carbonyl (C=O) groups is 2. The van der Waals surface area contributed by atoms with E-state index in [1.807, 2.05) is 19.0 Å². The quantitative estimate of drug-likeness (QED) is 0.713. The highest BCUT2D eigenvalue weighted by atomic mass is 16.3. The summed E-state index contributed by atoms with van der Waals surface area (Å²) in [4.78, 5) is 29.4. The molecule has 108 valence electrons. The van der Waals surface area contributed by atoms with Crippen molar-refractivity contribution in [3.8, 4) is 0 Å². The van der Waals surface area contributed by atoms with Crippen LogP contribution in [0.5, 0.6) is 0 Å². The predicted octanol–water partition coefficient (Wildman–Crippen LogP) is -1.01. The van der Waals surface area contributed by atoms with Crippen molar-refractivity contribution in [1.82, 2.24) is 14.7 Å². The smallest absolute Gasteiger partial charge is 0.228 e. The molecule has 2 aliphatic rings. The summed E-state index contributed by atoms with van der Waals surface area (Å²) in [5.41, 5.74) is 0. The van der Waals surface area contributed by atoms with Crippen molar-refractivity contribution in [3.63, 3.8) is 0 Å². The van der Waals surface area contributed by atoms with Gasteiger partial charge < -0.3 is 19.8 Å². The van der Waals surface area contributed by atoms with Gasteiger partial charge in [-0.15, -0.1) is 0 Å². The third kappa shape index (κ3) is 3.06. The minimum absolute atomic E-state index is 0.0149. The van der Waals surface area contributed by atoms with Crippen LogP contribution in [0, 0.1) is 5.92 Å². The average molecular weight is 269 g/mol. The van der Waals surface area contributed by atoms with Crippen molar-refractivity contribution < 1.29 is 14.7 Å². The number of carbonyl (C=O) groups excluding carboxylic acids is 2. The summed E-state index contributed by atoms with van der Waals surface area (Å²) in [7, 11) is 5.65. The summed E-state index contributed by atoms with van der Waals surface area (Å²) in [6.07, 6.45) is 0.487. The van der Waals surface area contributed by atoms with Gasteiger partial charge in [-0.2, -0.15) is 0 Å². The van der Waals surface area contributed by atoms with Gasteiger partial charge in [-0.25, -0.2) is 0 Å². The monoisotopic (exact) mass is 269 g/mol. The second-order valence-electron chi connectivity index (χ2n) is 5.97. The topological polar surface area (TPSA) is 64.1 Å². The van der Waals surface area contributed by atoms with Crippen LogP contribution < -0.4 is 0 Å². The fourth-order valence-corrected chi connectivity index (χ4v) is 3.02. The van der Waals surface area contributed by atoms with E-state index in [0.717, 1.165) is 6.54 Å². The first-order valence-electron chi connectivity index (χ1n) is 6.75. The van der Waals surface area contributed by atoms with Gasteiger partial charge in [0.1, 0.15) is 0 Å². The van der Waals surface area contributed by atoms with E-state index in [2.05, 4.69) is 0 Å². The van der Waals surface area contributed by atoms with Crippen LogP contribution in [0.3, 0.4) is 0 Å². The lowest BCUT2D eigenvalue weighted by molar-refractivity contribution is -0.137. The number of amides is 2. The van der Waals surface area contributed by atoms with E-state index in [1.165, 1.54) is 0 Å². The van der Waals surface area contributed by atoms with Crippen molar-refractivity contribution in [2.45, 2.75) is 25.0 Å². The molecule has 0 bridgehead atoms. The van der Waals surface area contributed by atoms with Gasteiger partial charge in [0.2, 0.25) is 11.8 Å². The van der Waals surface area contributed by atoms with E-state index >= 15 is 0 Å². The zero-order chi connectivity index (χ0) is 14.2. The lowest BCUT2D eigenvalue weighted by atomic mass is 10.1. The van der Waals surface area contributed by atoms with Crippen molar-refractivity contribution in [2.75, 3.05) is 40.8 Å². The van der Waals surface area contributed by atoms with Crippen LogP contribution in [0.2, 0.25) is 0 Å². The minimum Gasteiger partial charge on any atom is -0.391 e. The number of likely N-dealkylation sites (N-methyl/N-ethyl adjacent to an activating group) is 1. The Morgan fingerprint density at radius 1 is 1.42 bits per heavy atom. The van der Waals surface area contributed by atoms with Gasteiger partial charge >= 0.3 is 0 Å². The summed E-state index contributed by atoms with van der Waals surface area (Å²) >= 11 is 0. The number of likely N-dealkylation sites (tertiary alicyclic amines) is 2. The Bertz CT molecular complexity index is 372. The number of rotatable bonds is 3. The van der Waals surface area contributed by atoms with E-state index in [-0.39, 0.29) is 23.8 Å². The molecular formula is C13H23N3O3. The van der Waals surface area contributed by atoms with Crippen molar-refractivity contribution in [3.05, 3.63) is 0 Å². The molecule has 0 aliphatic carbocycles. The summed E-state index contributed by atoms with van der Waals surface area (Å²) in [6, 6.07) is 0.0542. The third-order valence-corrected chi connectivity index (χ3v) is 3.94. The molecule has 6 nitrogen and oxygen atoms in total. The fraction of sp³-hybridized carbons (Fsp3) is 0.846. The van der Waals surface area contributed by atoms with E-state index in [4.69, 9.17) is 0 Å². The molecule has 2 fully saturated rings. The average Bonchev–Trinajstić information content (AvgIpc) is 2.82. The van der Waals surface area contributed by atoms with Crippen LogP contribution in [0.1, 0.15) is 12.8 Å². The van der Waals surface area contributed by atoms with Crippen LogP contribution in [-0.2, 0) is 9.59 Å². The Balaban J connectivity index is 2.02. The Morgan fingerprint density at radius 2 is 2.11 bits per heavy atom. The molecule has 1 N–H and O–H groups in total. The molecule has 19 heavy (non-hydrogen) atoms. The Morgan fingerprint density at radius 3 is 2.63 bits per heavy atom.